The van der Waals surface area contributed by atoms with Crippen LogP contribution in [0.2, 0.25) is 0 Å². The number of Topliss-reactive ketones (excluding diaryl/α,β-unsaturated/α-hetero) is 2. The van der Waals surface area contributed by atoms with Crippen LogP contribution in [-0.2, 0) is 4.79 Å². The summed E-state index contributed by atoms with van der Waals surface area (Å²) in [6.07, 6.45) is 2.53. The van der Waals surface area contributed by atoms with Crippen molar-refractivity contribution in [1.82, 2.24) is 5.16 Å². The molecule has 1 aliphatic carbocycles. The van der Waals surface area contributed by atoms with Crippen molar-refractivity contribution in [3.8, 4) is 0 Å². The monoisotopic (exact) mass is 249 g/mol. The van der Waals surface area contributed by atoms with Crippen molar-refractivity contribution in [1.29, 1.82) is 0 Å². The van der Waals surface area contributed by atoms with Crippen LogP contribution >= 0.6 is 0 Å². The Bertz CT molecular complexity index is 461. The molecule has 1 aliphatic rings. The van der Waals surface area contributed by atoms with Crippen molar-refractivity contribution >= 4 is 11.6 Å². The molecule has 1 unspecified atom stereocenters. The molecule has 0 radical (unpaired) electrons. The lowest BCUT2D eigenvalue weighted by Gasteiger charge is -2.13. The minimum atomic E-state index is -0.213. The van der Waals surface area contributed by atoms with Crippen molar-refractivity contribution in [3.05, 3.63) is 17.5 Å². The van der Waals surface area contributed by atoms with Gasteiger partial charge in [0.05, 0.1) is 5.69 Å². The Labute approximate surface area is 107 Å². The van der Waals surface area contributed by atoms with Gasteiger partial charge in [0.2, 0.25) is 11.5 Å². The van der Waals surface area contributed by atoms with Crippen LogP contribution in [0.1, 0.15) is 62.2 Å². The van der Waals surface area contributed by atoms with E-state index in [0.29, 0.717) is 5.76 Å². The molecule has 1 aromatic heterocycles. The maximum absolute atomic E-state index is 12.3. The van der Waals surface area contributed by atoms with E-state index in [1.807, 2.05) is 13.8 Å². The zero-order valence-electron chi connectivity index (χ0n) is 11.1. The highest BCUT2D eigenvalue weighted by atomic mass is 16.5. The number of carbonyl (C=O) groups is 2. The molecule has 0 amide bonds. The zero-order chi connectivity index (χ0) is 13.3. The van der Waals surface area contributed by atoms with Gasteiger partial charge in [-0.15, -0.1) is 0 Å². The van der Waals surface area contributed by atoms with E-state index in [4.69, 9.17) is 4.52 Å². The normalized spacial score (nSPS) is 23.6. The average molecular weight is 249 g/mol. The lowest BCUT2D eigenvalue weighted by atomic mass is 9.88. The minimum absolute atomic E-state index is 0.0629. The molecule has 0 aromatic carbocycles. The number of rotatable bonds is 4. The molecule has 1 saturated carbocycles. The standard InChI is InChI=1S/C14H19NO3/c1-8(2)12-7-13(18-15-12)14(17)11-6-4-5-10(11)9(3)16/h7-8,10-11H,4-6H2,1-3H3/t10-,11?/m1/s1. The molecule has 0 bridgehead atoms. The first-order valence-corrected chi connectivity index (χ1v) is 6.52. The second-order valence-corrected chi connectivity index (χ2v) is 5.39. The third kappa shape index (κ3) is 2.37. The SMILES string of the molecule is CC(=O)[C@H]1CCCC1C(=O)c1cc(C(C)C)no1. The highest BCUT2D eigenvalue weighted by molar-refractivity contribution is 5.98. The lowest BCUT2D eigenvalue weighted by Crippen LogP contribution is -2.23. The van der Waals surface area contributed by atoms with Gasteiger partial charge in [-0.1, -0.05) is 25.4 Å². The van der Waals surface area contributed by atoms with E-state index in [9.17, 15) is 9.59 Å². The summed E-state index contributed by atoms with van der Waals surface area (Å²) < 4.78 is 5.12. The van der Waals surface area contributed by atoms with Crippen LogP contribution in [0, 0.1) is 11.8 Å². The molecule has 18 heavy (non-hydrogen) atoms. The van der Waals surface area contributed by atoms with Crippen molar-refractivity contribution in [2.45, 2.75) is 46.0 Å². The van der Waals surface area contributed by atoms with Gasteiger partial charge in [-0.05, 0) is 25.7 Å². The van der Waals surface area contributed by atoms with E-state index >= 15 is 0 Å². The fourth-order valence-corrected chi connectivity index (χ4v) is 2.62. The quantitative estimate of drug-likeness (QED) is 0.770. The molecule has 1 aromatic rings. The molecule has 1 fully saturated rings. The summed E-state index contributed by atoms with van der Waals surface area (Å²) in [6, 6.07) is 1.71. The smallest absolute Gasteiger partial charge is 0.204 e. The van der Waals surface area contributed by atoms with Gasteiger partial charge in [0.1, 0.15) is 5.78 Å². The minimum Gasteiger partial charge on any atom is -0.353 e. The van der Waals surface area contributed by atoms with E-state index in [1.165, 1.54) is 0 Å². The van der Waals surface area contributed by atoms with E-state index in [-0.39, 0.29) is 29.3 Å². The van der Waals surface area contributed by atoms with Crippen molar-refractivity contribution in [2.24, 2.45) is 11.8 Å². The predicted octanol–water partition coefficient (Wildman–Crippen LogP) is 2.99. The topological polar surface area (TPSA) is 60.2 Å². The first kappa shape index (κ1) is 13.0. The Morgan fingerprint density at radius 2 is 2.00 bits per heavy atom. The average Bonchev–Trinajstić information content (AvgIpc) is 2.97. The van der Waals surface area contributed by atoms with E-state index in [0.717, 1.165) is 25.0 Å². The summed E-state index contributed by atoms with van der Waals surface area (Å²) in [7, 11) is 0. The van der Waals surface area contributed by atoms with E-state index < -0.39 is 0 Å². The van der Waals surface area contributed by atoms with Crippen molar-refractivity contribution < 1.29 is 14.1 Å². The van der Waals surface area contributed by atoms with Crippen molar-refractivity contribution in [3.63, 3.8) is 0 Å². The number of hydrogen-bond acceptors (Lipinski definition) is 4. The molecular weight excluding hydrogens is 230 g/mol. The van der Waals surface area contributed by atoms with Crippen LogP contribution in [0.3, 0.4) is 0 Å². The highest BCUT2D eigenvalue weighted by Gasteiger charge is 2.37. The summed E-state index contributed by atoms with van der Waals surface area (Å²) in [6.45, 7) is 5.57. The number of aromatic nitrogens is 1. The Morgan fingerprint density at radius 3 is 2.56 bits per heavy atom. The lowest BCUT2D eigenvalue weighted by molar-refractivity contribution is -0.121. The fourth-order valence-electron chi connectivity index (χ4n) is 2.62. The maximum atomic E-state index is 12.3. The largest absolute Gasteiger partial charge is 0.353 e. The number of hydrogen-bond donors (Lipinski definition) is 0. The van der Waals surface area contributed by atoms with Crippen LogP contribution in [0.25, 0.3) is 0 Å². The second kappa shape index (κ2) is 5.04. The summed E-state index contributed by atoms with van der Waals surface area (Å²) >= 11 is 0. The van der Waals surface area contributed by atoms with Crippen LogP contribution in [0.15, 0.2) is 10.6 Å². The first-order valence-electron chi connectivity index (χ1n) is 6.52. The number of carbonyl (C=O) groups excluding carboxylic acids is 2. The van der Waals surface area contributed by atoms with E-state index in [1.54, 1.807) is 13.0 Å². The van der Waals surface area contributed by atoms with E-state index in [2.05, 4.69) is 5.16 Å². The van der Waals surface area contributed by atoms with Gasteiger partial charge >= 0.3 is 0 Å². The van der Waals surface area contributed by atoms with Gasteiger partial charge in [0.15, 0.2) is 0 Å². The number of nitrogens with zero attached hydrogens (tertiary/aromatic N) is 1. The molecule has 0 aliphatic heterocycles. The van der Waals surface area contributed by atoms with Gasteiger partial charge < -0.3 is 4.52 Å². The summed E-state index contributed by atoms with van der Waals surface area (Å²) in [5, 5.41) is 3.90. The third-order valence-electron chi connectivity index (χ3n) is 3.74. The van der Waals surface area contributed by atoms with Gasteiger partial charge in [-0.25, -0.2) is 0 Å². The molecule has 2 rings (SSSR count). The third-order valence-corrected chi connectivity index (χ3v) is 3.74. The van der Waals surface area contributed by atoms with Crippen LogP contribution in [0.5, 0.6) is 0 Å². The highest BCUT2D eigenvalue weighted by Crippen LogP contribution is 2.35. The molecule has 98 valence electrons. The fraction of sp³-hybridized carbons (Fsp3) is 0.643. The molecule has 4 heteroatoms. The van der Waals surface area contributed by atoms with Crippen LogP contribution < -0.4 is 0 Å². The Morgan fingerprint density at radius 1 is 1.33 bits per heavy atom. The molecule has 4 nitrogen and oxygen atoms in total. The molecule has 0 saturated heterocycles. The zero-order valence-corrected chi connectivity index (χ0v) is 11.1. The molecule has 0 spiro atoms. The summed E-state index contributed by atoms with van der Waals surface area (Å²) in [4.78, 5) is 23.8. The Hall–Kier alpha value is -1.45. The first-order chi connectivity index (χ1) is 8.50. The maximum Gasteiger partial charge on any atom is 0.204 e. The number of ketones is 2. The molecular formula is C14H19NO3. The predicted molar refractivity (Wildman–Crippen MR) is 66.4 cm³/mol. The van der Waals surface area contributed by atoms with Crippen LogP contribution in [0.4, 0.5) is 0 Å². The second-order valence-electron chi connectivity index (χ2n) is 5.39. The van der Waals surface area contributed by atoms with Gasteiger partial charge in [-0.2, -0.15) is 0 Å². The molecule has 0 N–H and O–H groups in total. The Balaban J connectivity index is 2.17. The van der Waals surface area contributed by atoms with Crippen molar-refractivity contribution in [2.75, 3.05) is 0 Å². The Kier molecular flexibility index (Phi) is 3.64. The van der Waals surface area contributed by atoms with Crippen LogP contribution in [-0.4, -0.2) is 16.7 Å². The summed E-state index contributed by atoms with van der Waals surface area (Å²) in [5.41, 5.74) is 0.788. The van der Waals surface area contributed by atoms with Gasteiger partial charge in [0, 0.05) is 17.9 Å². The molecule has 2 atom stereocenters. The summed E-state index contributed by atoms with van der Waals surface area (Å²) in [5.74, 6) is 0.237. The van der Waals surface area contributed by atoms with Gasteiger partial charge in [-0.3, -0.25) is 9.59 Å². The molecule has 1 heterocycles. The van der Waals surface area contributed by atoms with Gasteiger partial charge in [0.25, 0.3) is 0 Å².